The molecule has 1 amide bonds. The lowest BCUT2D eigenvalue weighted by atomic mass is 9.76. The summed E-state index contributed by atoms with van der Waals surface area (Å²) in [6.07, 6.45) is 1.72. The second-order valence-electron chi connectivity index (χ2n) is 7.82. The van der Waals surface area contributed by atoms with Crippen molar-refractivity contribution in [3.63, 3.8) is 0 Å². The molecule has 0 aliphatic carbocycles. The predicted octanol–water partition coefficient (Wildman–Crippen LogP) is 3.96. The summed E-state index contributed by atoms with van der Waals surface area (Å²) in [7, 11) is 1.70. The number of methoxy groups -OCH3 is 1. The van der Waals surface area contributed by atoms with E-state index in [1.54, 1.807) is 7.11 Å². The van der Waals surface area contributed by atoms with Crippen molar-refractivity contribution in [2.45, 2.75) is 32.6 Å². The van der Waals surface area contributed by atoms with Gasteiger partial charge < -0.3 is 15.4 Å². The van der Waals surface area contributed by atoms with E-state index in [0.29, 0.717) is 5.92 Å². The van der Waals surface area contributed by atoms with Crippen molar-refractivity contribution < 1.29 is 9.53 Å². The maximum absolute atomic E-state index is 12.7. The summed E-state index contributed by atoms with van der Waals surface area (Å²) < 4.78 is 5.58. The van der Waals surface area contributed by atoms with E-state index in [4.69, 9.17) is 4.74 Å². The van der Waals surface area contributed by atoms with Gasteiger partial charge >= 0.3 is 0 Å². The Kier molecular flexibility index (Phi) is 4.23. The minimum absolute atomic E-state index is 0.148. The van der Waals surface area contributed by atoms with Gasteiger partial charge in [-0.1, -0.05) is 32.0 Å². The molecule has 2 heterocycles. The van der Waals surface area contributed by atoms with Crippen LogP contribution in [0.3, 0.4) is 0 Å². The van der Waals surface area contributed by atoms with Gasteiger partial charge in [0, 0.05) is 17.8 Å². The minimum Gasteiger partial charge on any atom is -0.496 e. The fourth-order valence-electron chi connectivity index (χ4n) is 4.11. The molecule has 1 saturated heterocycles. The van der Waals surface area contributed by atoms with Gasteiger partial charge in [-0.3, -0.25) is 4.79 Å². The molecule has 1 unspecified atom stereocenters. The molecule has 4 nitrogen and oxygen atoms in total. The van der Waals surface area contributed by atoms with Gasteiger partial charge in [-0.2, -0.15) is 0 Å². The van der Waals surface area contributed by atoms with E-state index in [-0.39, 0.29) is 11.3 Å². The molecule has 2 N–H and O–H groups in total. The van der Waals surface area contributed by atoms with Gasteiger partial charge in [-0.05, 0) is 60.2 Å². The molecule has 2 aliphatic rings. The van der Waals surface area contributed by atoms with Crippen molar-refractivity contribution in [3.05, 3.63) is 47.5 Å². The fourth-order valence-corrected chi connectivity index (χ4v) is 4.11. The van der Waals surface area contributed by atoms with Crippen molar-refractivity contribution >= 4 is 11.6 Å². The van der Waals surface area contributed by atoms with E-state index in [0.717, 1.165) is 48.5 Å². The Morgan fingerprint density at radius 1 is 1.15 bits per heavy atom. The molecule has 4 heteroatoms. The first-order chi connectivity index (χ1) is 12.5. The second-order valence-corrected chi connectivity index (χ2v) is 7.82. The molecule has 0 saturated carbocycles. The van der Waals surface area contributed by atoms with Gasteiger partial charge in [0.05, 0.1) is 12.5 Å². The van der Waals surface area contributed by atoms with Crippen molar-refractivity contribution in [3.8, 4) is 16.9 Å². The van der Waals surface area contributed by atoms with Gasteiger partial charge in [-0.25, -0.2) is 0 Å². The number of hydrogen-bond acceptors (Lipinski definition) is 3. The molecular formula is C22H26N2O2. The maximum atomic E-state index is 12.7. The van der Waals surface area contributed by atoms with Crippen LogP contribution in [0.4, 0.5) is 5.69 Å². The van der Waals surface area contributed by atoms with Gasteiger partial charge in [0.15, 0.2) is 0 Å². The maximum Gasteiger partial charge on any atom is 0.232 e. The third kappa shape index (κ3) is 2.78. The standard InChI is InChI=1S/C22H26N2O2/c1-14(2)15-6-7-20(26-3)18(10-15)16-4-5-17-12-22(8-9-23-13-22)21(25)24-19(17)11-16/h4-7,10-11,14,23H,8-9,12-13H2,1-3H3,(H,24,25). The highest BCUT2D eigenvalue weighted by molar-refractivity contribution is 5.99. The first-order valence-electron chi connectivity index (χ1n) is 9.36. The second kappa shape index (κ2) is 6.44. The normalized spacial score (nSPS) is 21.8. The summed E-state index contributed by atoms with van der Waals surface area (Å²) in [5.41, 5.74) is 5.29. The lowest BCUT2D eigenvalue weighted by Gasteiger charge is -2.33. The number of benzene rings is 2. The summed E-state index contributed by atoms with van der Waals surface area (Å²) in [6, 6.07) is 12.7. The number of nitrogens with one attached hydrogen (secondary N) is 2. The van der Waals surface area contributed by atoms with Gasteiger partial charge in [-0.15, -0.1) is 0 Å². The first-order valence-corrected chi connectivity index (χ1v) is 9.36. The fraction of sp³-hybridized carbons (Fsp3) is 0.409. The third-order valence-electron chi connectivity index (χ3n) is 5.81. The zero-order valence-corrected chi connectivity index (χ0v) is 15.7. The molecule has 0 bridgehead atoms. The Morgan fingerprint density at radius 2 is 2.00 bits per heavy atom. The smallest absolute Gasteiger partial charge is 0.232 e. The Labute approximate surface area is 155 Å². The SMILES string of the molecule is COc1ccc(C(C)C)cc1-c1ccc2c(c1)NC(=O)C1(CCNC1)C2. The Balaban J connectivity index is 1.74. The van der Waals surface area contributed by atoms with Gasteiger partial charge in [0.2, 0.25) is 5.91 Å². The highest BCUT2D eigenvalue weighted by atomic mass is 16.5. The Morgan fingerprint density at radius 3 is 2.69 bits per heavy atom. The molecule has 1 spiro atoms. The zero-order valence-electron chi connectivity index (χ0n) is 15.7. The molecule has 1 atom stereocenters. The van der Waals surface area contributed by atoms with Crippen LogP contribution in [-0.2, 0) is 11.2 Å². The van der Waals surface area contributed by atoms with Crippen LogP contribution < -0.4 is 15.4 Å². The Bertz CT molecular complexity index is 851. The largest absolute Gasteiger partial charge is 0.496 e. The molecule has 2 aromatic carbocycles. The third-order valence-corrected chi connectivity index (χ3v) is 5.81. The quantitative estimate of drug-likeness (QED) is 0.881. The van der Waals surface area contributed by atoms with E-state index in [9.17, 15) is 4.79 Å². The van der Waals surface area contributed by atoms with Crippen LogP contribution in [0.2, 0.25) is 0 Å². The minimum atomic E-state index is -0.274. The lowest BCUT2D eigenvalue weighted by Crippen LogP contribution is -2.43. The molecule has 2 aliphatic heterocycles. The van der Waals surface area contributed by atoms with Crippen LogP contribution >= 0.6 is 0 Å². The van der Waals surface area contributed by atoms with E-state index >= 15 is 0 Å². The number of carbonyl (C=O) groups is 1. The lowest BCUT2D eigenvalue weighted by molar-refractivity contribution is -0.125. The number of carbonyl (C=O) groups excluding carboxylic acids is 1. The monoisotopic (exact) mass is 350 g/mol. The molecule has 136 valence electrons. The highest BCUT2D eigenvalue weighted by Crippen LogP contribution is 2.41. The van der Waals surface area contributed by atoms with Crippen LogP contribution in [0.25, 0.3) is 11.1 Å². The number of amides is 1. The molecule has 0 aromatic heterocycles. The molecule has 2 aromatic rings. The molecule has 1 fully saturated rings. The molecule has 0 radical (unpaired) electrons. The predicted molar refractivity (Wildman–Crippen MR) is 105 cm³/mol. The number of ether oxygens (including phenoxy) is 1. The molecular weight excluding hydrogens is 324 g/mol. The number of rotatable bonds is 3. The van der Waals surface area contributed by atoms with Crippen molar-refractivity contribution in [1.82, 2.24) is 5.32 Å². The summed E-state index contributed by atoms with van der Waals surface area (Å²) in [5, 5.41) is 6.49. The van der Waals surface area contributed by atoms with E-state index in [2.05, 4.69) is 54.8 Å². The van der Waals surface area contributed by atoms with E-state index < -0.39 is 0 Å². The van der Waals surface area contributed by atoms with E-state index in [1.807, 2.05) is 6.07 Å². The van der Waals surface area contributed by atoms with Crippen molar-refractivity contribution in [2.75, 3.05) is 25.5 Å². The Hall–Kier alpha value is -2.33. The first kappa shape index (κ1) is 17.1. The molecule has 26 heavy (non-hydrogen) atoms. The van der Waals surface area contributed by atoms with Crippen molar-refractivity contribution in [1.29, 1.82) is 0 Å². The number of anilines is 1. The van der Waals surface area contributed by atoms with Crippen LogP contribution in [-0.4, -0.2) is 26.1 Å². The average Bonchev–Trinajstić information content (AvgIpc) is 3.11. The van der Waals surface area contributed by atoms with Crippen LogP contribution in [0.5, 0.6) is 5.75 Å². The topological polar surface area (TPSA) is 50.4 Å². The van der Waals surface area contributed by atoms with Gasteiger partial charge in [0.25, 0.3) is 0 Å². The van der Waals surface area contributed by atoms with Crippen LogP contribution in [0, 0.1) is 5.41 Å². The van der Waals surface area contributed by atoms with Crippen LogP contribution in [0.15, 0.2) is 36.4 Å². The summed E-state index contributed by atoms with van der Waals surface area (Å²) in [4.78, 5) is 12.7. The highest BCUT2D eigenvalue weighted by Gasteiger charge is 2.44. The van der Waals surface area contributed by atoms with Crippen LogP contribution in [0.1, 0.15) is 37.3 Å². The number of fused-ring (bicyclic) bond motifs is 1. The number of hydrogen-bond donors (Lipinski definition) is 2. The average molecular weight is 350 g/mol. The van der Waals surface area contributed by atoms with E-state index in [1.165, 1.54) is 11.1 Å². The summed E-state index contributed by atoms with van der Waals surface area (Å²) in [6.45, 7) is 6.06. The van der Waals surface area contributed by atoms with Gasteiger partial charge in [0.1, 0.15) is 5.75 Å². The molecule has 4 rings (SSSR count). The summed E-state index contributed by atoms with van der Waals surface area (Å²) in [5.74, 6) is 1.45. The van der Waals surface area contributed by atoms with Crippen molar-refractivity contribution in [2.24, 2.45) is 5.41 Å². The zero-order chi connectivity index (χ0) is 18.3. The summed E-state index contributed by atoms with van der Waals surface area (Å²) >= 11 is 0.